The van der Waals surface area contributed by atoms with E-state index >= 15 is 0 Å². The van der Waals surface area contributed by atoms with Crippen molar-refractivity contribution in [2.45, 2.75) is 25.6 Å². The van der Waals surface area contributed by atoms with Crippen LogP contribution in [0.5, 0.6) is 0 Å². The van der Waals surface area contributed by atoms with Gasteiger partial charge in [-0.05, 0) is 24.7 Å². The van der Waals surface area contributed by atoms with Crippen LogP contribution in [0, 0.1) is 0 Å². The normalized spacial score (nSPS) is 20.7. The molecule has 0 saturated carbocycles. The van der Waals surface area contributed by atoms with Crippen molar-refractivity contribution in [2.75, 3.05) is 57.7 Å². The lowest BCUT2D eigenvalue weighted by atomic mass is 10.1. The molecule has 1 aromatic rings. The molecule has 1 aromatic carbocycles. The average molecular weight is 455 g/mol. The number of carbonyl (C=O) groups is 3. The van der Waals surface area contributed by atoms with Crippen molar-refractivity contribution >= 4 is 23.4 Å². The third-order valence-electron chi connectivity index (χ3n) is 5.77. The van der Waals surface area contributed by atoms with Gasteiger partial charge >= 0.3 is 6.18 Å². The maximum atomic E-state index is 12.9. The Morgan fingerprint density at radius 2 is 1.81 bits per heavy atom. The number of amides is 3. The number of nitrogens with one attached hydrogen (secondary N) is 2. The van der Waals surface area contributed by atoms with Gasteiger partial charge in [-0.25, -0.2) is 0 Å². The van der Waals surface area contributed by atoms with Gasteiger partial charge < -0.3 is 20.4 Å². The predicted molar refractivity (Wildman–Crippen MR) is 112 cm³/mol. The molecule has 2 saturated heterocycles. The lowest BCUT2D eigenvalue weighted by Crippen LogP contribution is -2.60. The second-order valence-corrected chi connectivity index (χ2v) is 7.94. The van der Waals surface area contributed by atoms with Gasteiger partial charge in [-0.1, -0.05) is 13.0 Å². The van der Waals surface area contributed by atoms with Gasteiger partial charge in [0.05, 0.1) is 18.5 Å². The van der Waals surface area contributed by atoms with Crippen LogP contribution in [-0.2, 0) is 20.6 Å². The highest BCUT2D eigenvalue weighted by atomic mass is 19.4. The summed E-state index contributed by atoms with van der Waals surface area (Å²) in [7, 11) is 0. The van der Waals surface area contributed by atoms with Crippen molar-refractivity contribution in [3.8, 4) is 0 Å². The molecule has 2 heterocycles. The molecule has 176 valence electrons. The molecule has 2 fully saturated rings. The summed E-state index contributed by atoms with van der Waals surface area (Å²) in [4.78, 5) is 43.5. The Kier molecular flexibility index (Phi) is 7.73. The monoisotopic (exact) mass is 455 g/mol. The van der Waals surface area contributed by atoms with Gasteiger partial charge in [0.15, 0.2) is 0 Å². The number of hydrogen-bond donors (Lipinski definition) is 2. The van der Waals surface area contributed by atoms with E-state index in [2.05, 4.69) is 22.5 Å². The SMILES string of the molecule is CCN1CCN(CC(=O)N2CCNC(=O)[C@@H]2CC(=O)Nc2cccc(C(F)(F)F)c2)CC1. The Balaban J connectivity index is 1.61. The summed E-state index contributed by atoms with van der Waals surface area (Å²) in [5.74, 6) is -1.32. The number of hydrogen-bond acceptors (Lipinski definition) is 5. The minimum atomic E-state index is -4.53. The van der Waals surface area contributed by atoms with Gasteiger partial charge in [0.25, 0.3) is 0 Å². The number of alkyl halides is 3. The topological polar surface area (TPSA) is 85.0 Å². The zero-order valence-corrected chi connectivity index (χ0v) is 18.0. The highest BCUT2D eigenvalue weighted by Crippen LogP contribution is 2.30. The first-order valence-corrected chi connectivity index (χ1v) is 10.7. The minimum Gasteiger partial charge on any atom is -0.353 e. The largest absolute Gasteiger partial charge is 0.416 e. The minimum absolute atomic E-state index is 0.0206. The van der Waals surface area contributed by atoms with E-state index in [9.17, 15) is 27.6 Å². The smallest absolute Gasteiger partial charge is 0.353 e. The van der Waals surface area contributed by atoms with Crippen LogP contribution in [0.2, 0.25) is 0 Å². The Labute approximate surface area is 184 Å². The summed E-state index contributed by atoms with van der Waals surface area (Å²) in [5, 5.41) is 5.05. The molecule has 1 atom stereocenters. The summed E-state index contributed by atoms with van der Waals surface area (Å²) in [6.07, 6.45) is -4.87. The van der Waals surface area contributed by atoms with Crippen molar-refractivity contribution in [3.05, 3.63) is 29.8 Å². The molecule has 0 aromatic heterocycles. The van der Waals surface area contributed by atoms with Gasteiger partial charge in [0.1, 0.15) is 6.04 Å². The molecule has 3 rings (SSSR count). The van der Waals surface area contributed by atoms with Crippen molar-refractivity contribution in [3.63, 3.8) is 0 Å². The summed E-state index contributed by atoms with van der Waals surface area (Å²) in [5.41, 5.74) is -0.904. The molecule has 11 heteroatoms. The highest BCUT2D eigenvalue weighted by molar-refractivity contribution is 5.97. The van der Waals surface area contributed by atoms with E-state index in [1.165, 1.54) is 17.0 Å². The second kappa shape index (κ2) is 10.3. The number of rotatable bonds is 6. The zero-order valence-electron chi connectivity index (χ0n) is 18.0. The highest BCUT2D eigenvalue weighted by Gasteiger charge is 2.36. The number of nitrogens with zero attached hydrogens (tertiary/aromatic N) is 3. The molecule has 8 nitrogen and oxygen atoms in total. The number of anilines is 1. The van der Waals surface area contributed by atoms with Gasteiger partial charge in [-0.15, -0.1) is 0 Å². The van der Waals surface area contributed by atoms with E-state index in [0.717, 1.165) is 44.9 Å². The number of piperazine rings is 2. The van der Waals surface area contributed by atoms with E-state index < -0.39 is 29.6 Å². The van der Waals surface area contributed by atoms with Crippen LogP contribution in [0.1, 0.15) is 18.9 Å². The number of halogens is 3. The van der Waals surface area contributed by atoms with Crippen LogP contribution in [0.15, 0.2) is 24.3 Å². The van der Waals surface area contributed by atoms with Crippen LogP contribution >= 0.6 is 0 Å². The molecule has 2 N–H and O–H groups in total. The van der Waals surface area contributed by atoms with Crippen LogP contribution in [-0.4, -0.2) is 90.8 Å². The molecule has 32 heavy (non-hydrogen) atoms. The maximum Gasteiger partial charge on any atom is 0.416 e. The quantitative estimate of drug-likeness (QED) is 0.669. The lowest BCUT2D eigenvalue weighted by Gasteiger charge is -2.38. The molecule has 3 amide bonds. The van der Waals surface area contributed by atoms with E-state index in [1.54, 1.807) is 0 Å². The van der Waals surface area contributed by atoms with Crippen LogP contribution in [0.25, 0.3) is 0 Å². The van der Waals surface area contributed by atoms with Gasteiger partial charge in [0.2, 0.25) is 17.7 Å². The van der Waals surface area contributed by atoms with Gasteiger partial charge in [-0.2, -0.15) is 13.2 Å². The molecule has 0 unspecified atom stereocenters. The number of likely N-dealkylation sites (N-methyl/N-ethyl adjacent to an activating group) is 1. The summed E-state index contributed by atoms with van der Waals surface area (Å²) >= 11 is 0. The van der Waals surface area contributed by atoms with E-state index in [-0.39, 0.29) is 31.1 Å². The van der Waals surface area contributed by atoms with Crippen molar-refractivity contribution in [1.29, 1.82) is 0 Å². The zero-order chi connectivity index (χ0) is 23.3. The third-order valence-corrected chi connectivity index (χ3v) is 5.77. The fraction of sp³-hybridized carbons (Fsp3) is 0.571. The Morgan fingerprint density at radius 1 is 1.12 bits per heavy atom. The van der Waals surface area contributed by atoms with E-state index in [4.69, 9.17) is 0 Å². The van der Waals surface area contributed by atoms with Crippen LogP contribution in [0.3, 0.4) is 0 Å². The first-order chi connectivity index (χ1) is 15.2. The first-order valence-electron chi connectivity index (χ1n) is 10.7. The molecule has 2 aliphatic heterocycles. The lowest BCUT2D eigenvalue weighted by molar-refractivity contribution is -0.145. The molecule has 0 spiro atoms. The second-order valence-electron chi connectivity index (χ2n) is 7.94. The van der Waals surface area contributed by atoms with E-state index in [1.807, 2.05) is 4.90 Å². The van der Waals surface area contributed by atoms with Crippen LogP contribution < -0.4 is 10.6 Å². The molecular formula is C21H28F3N5O3. The van der Waals surface area contributed by atoms with E-state index in [0.29, 0.717) is 6.54 Å². The number of carbonyl (C=O) groups excluding carboxylic acids is 3. The van der Waals surface area contributed by atoms with Crippen LogP contribution in [0.4, 0.5) is 18.9 Å². The fourth-order valence-corrected chi connectivity index (χ4v) is 3.92. The standard InChI is InChI=1S/C21H28F3N5O3/c1-2-27-8-10-28(11-9-27)14-19(31)29-7-6-25-20(32)17(29)13-18(30)26-16-5-3-4-15(12-16)21(22,23)24/h3-5,12,17H,2,6-11,13-14H2,1H3,(H,25,32)(H,26,30)/t17-/m0/s1. The summed E-state index contributed by atoms with van der Waals surface area (Å²) < 4.78 is 38.7. The van der Waals surface area contributed by atoms with Crippen molar-refractivity contribution in [1.82, 2.24) is 20.0 Å². The molecular weight excluding hydrogens is 427 g/mol. The van der Waals surface area contributed by atoms with Crippen molar-refractivity contribution < 1.29 is 27.6 Å². The Hall–Kier alpha value is -2.66. The summed E-state index contributed by atoms with van der Waals surface area (Å²) in [6, 6.07) is 3.27. The molecule has 0 aliphatic carbocycles. The Morgan fingerprint density at radius 3 is 2.47 bits per heavy atom. The first kappa shape index (κ1) is 24.0. The van der Waals surface area contributed by atoms with Gasteiger partial charge in [-0.3, -0.25) is 19.3 Å². The fourth-order valence-electron chi connectivity index (χ4n) is 3.92. The average Bonchev–Trinajstić information content (AvgIpc) is 2.75. The molecule has 0 bridgehead atoms. The number of benzene rings is 1. The summed E-state index contributed by atoms with van der Waals surface area (Å²) in [6.45, 7) is 7.01. The Bertz CT molecular complexity index is 840. The predicted octanol–water partition coefficient (Wildman–Crippen LogP) is 0.999. The maximum absolute atomic E-state index is 12.9. The molecule has 0 radical (unpaired) electrons. The van der Waals surface area contributed by atoms with Gasteiger partial charge in [0, 0.05) is 45.0 Å². The molecule has 2 aliphatic rings. The van der Waals surface area contributed by atoms with Crippen molar-refractivity contribution in [2.24, 2.45) is 0 Å². The third kappa shape index (κ3) is 6.19.